The second kappa shape index (κ2) is 8.66. The summed E-state index contributed by atoms with van der Waals surface area (Å²) in [5.41, 5.74) is 0.875. The number of alkyl halides is 5. The molecule has 178 valence electrons. The first kappa shape index (κ1) is 23.9. The van der Waals surface area contributed by atoms with Gasteiger partial charge in [-0.3, -0.25) is 4.68 Å². The van der Waals surface area contributed by atoms with Crippen LogP contribution in [0.1, 0.15) is 44.3 Å². The minimum atomic E-state index is -4.42. The van der Waals surface area contributed by atoms with E-state index in [1.807, 2.05) is 0 Å². The maximum atomic E-state index is 13.1. The minimum absolute atomic E-state index is 0.0506. The highest BCUT2D eigenvalue weighted by Gasteiger charge is 2.33. The molecule has 0 N–H and O–H groups in total. The lowest BCUT2D eigenvalue weighted by molar-refractivity contribution is -0.134. The monoisotopic (exact) mass is 464 g/mol. The first-order chi connectivity index (χ1) is 14.7. The largest absolute Gasteiger partial charge is 0.444 e. The van der Waals surface area contributed by atoms with Crippen molar-refractivity contribution in [2.24, 2.45) is 7.05 Å². The van der Waals surface area contributed by atoms with Gasteiger partial charge in [0.25, 0.3) is 6.43 Å². The normalized spacial score (nSPS) is 14.8. The van der Waals surface area contributed by atoms with Crippen LogP contribution in [0.4, 0.5) is 26.7 Å². The number of nitrogens with zero attached hydrogens (tertiary/aromatic N) is 6. The van der Waals surface area contributed by atoms with Gasteiger partial charge in [-0.15, -0.1) is 0 Å². The summed E-state index contributed by atoms with van der Waals surface area (Å²) in [6.07, 6.45) is -9.00. The van der Waals surface area contributed by atoms with Crippen LogP contribution in [0.5, 0.6) is 0 Å². The van der Waals surface area contributed by atoms with Crippen molar-refractivity contribution in [2.75, 3.05) is 6.54 Å². The minimum Gasteiger partial charge on any atom is -0.444 e. The number of aromatic nitrogens is 5. The molecule has 1 aliphatic rings. The van der Waals surface area contributed by atoms with E-state index in [0.29, 0.717) is 18.5 Å². The molecule has 32 heavy (non-hydrogen) atoms. The van der Waals surface area contributed by atoms with Crippen LogP contribution >= 0.6 is 0 Å². The summed E-state index contributed by atoms with van der Waals surface area (Å²) in [5, 5.41) is 8.23. The number of carbonyl (C=O) groups excluding carboxylic acids is 1. The lowest BCUT2D eigenvalue weighted by Gasteiger charge is -2.30. The van der Waals surface area contributed by atoms with Gasteiger partial charge in [-0.2, -0.15) is 23.4 Å². The molecule has 0 radical (unpaired) electrons. The molecule has 0 spiro atoms. The Bertz CT molecular complexity index is 976. The predicted octanol–water partition coefficient (Wildman–Crippen LogP) is 3.73. The number of rotatable bonds is 5. The van der Waals surface area contributed by atoms with Gasteiger partial charge in [-0.25, -0.2) is 23.2 Å². The SMILES string of the molecule is Cn1nc(-c2nc(CCC(F)(F)F)nn2CC(F)F)c2c1CCN(C(=O)OC(C)(C)C)C2. The van der Waals surface area contributed by atoms with Gasteiger partial charge in [0, 0.05) is 37.7 Å². The van der Waals surface area contributed by atoms with Crippen LogP contribution in [-0.4, -0.2) is 60.3 Å². The predicted molar refractivity (Wildman–Crippen MR) is 103 cm³/mol. The van der Waals surface area contributed by atoms with Crippen molar-refractivity contribution in [1.82, 2.24) is 29.4 Å². The molecule has 0 saturated carbocycles. The van der Waals surface area contributed by atoms with Crippen LogP contribution in [0.25, 0.3) is 11.5 Å². The number of aryl methyl sites for hydroxylation is 2. The Morgan fingerprint density at radius 1 is 1.19 bits per heavy atom. The first-order valence-corrected chi connectivity index (χ1v) is 10.0. The van der Waals surface area contributed by atoms with Crippen molar-refractivity contribution in [3.05, 3.63) is 17.1 Å². The molecule has 0 aromatic carbocycles. The van der Waals surface area contributed by atoms with Crippen LogP contribution in [0.2, 0.25) is 0 Å². The van der Waals surface area contributed by atoms with Gasteiger partial charge in [0.2, 0.25) is 0 Å². The smallest absolute Gasteiger partial charge is 0.410 e. The van der Waals surface area contributed by atoms with E-state index in [9.17, 15) is 26.7 Å². The van der Waals surface area contributed by atoms with Gasteiger partial charge in [0.1, 0.15) is 17.8 Å². The summed E-state index contributed by atoms with van der Waals surface area (Å²) >= 11 is 0. The van der Waals surface area contributed by atoms with Crippen molar-refractivity contribution >= 4 is 6.09 Å². The van der Waals surface area contributed by atoms with E-state index in [1.165, 1.54) is 4.90 Å². The third-order valence-electron chi connectivity index (χ3n) is 4.76. The second-order valence-electron chi connectivity index (χ2n) is 8.59. The number of hydrogen-bond acceptors (Lipinski definition) is 5. The van der Waals surface area contributed by atoms with E-state index in [4.69, 9.17) is 4.74 Å². The van der Waals surface area contributed by atoms with E-state index in [0.717, 1.165) is 10.4 Å². The van der Waals surface area contributed by atoms with Crippen molar-refractivity contribution in [1.29, 1.82) is 0 Å². The zero-order chi connectivity index (χ0) is 23.8. The average Bonchev–Trinajstić information content (AvgIpc) is 3.18. The Morgan fingerprint density at radius 3 is 2.47 bits per heavy atom. The first-order valence-electron chi connectivity index (χ1n) is 10.0. The van der Waals surface area contributed by atoms with Crippen molar-refractivity contribution in [2.45, 2.75) is 71.3 Å². The zero-order valence-electron chi connectivity index (χ0n) is 18.2. The molecule has 0 bridgehead atoms. The Hall–Kier alpha value is -2.73. The van der Waals surface area contributed by atoms with Gasteiger partial charge >= 0.3 is 12.3 Å². The molecule has 1 amide bonds. The summed E-state index contributed by atoms with van der Waals surface area (Å²) in [6, 6.07) is 0. The number of ether oxygens (including phenoxy) is 1. The highest BCUT2D eigenvalue weighted by atomic mass is 19.4. The van der Waals surface area contributed by atoms with E-state index < -0.39 is 43.7 Å². The maximum Gasteiger partial charge on any atom is 0.410 e. The third kappa shape index (κ3) is 5.74. The summed E-state index contributed by atoms with van der Waals surface area (Å²) in [7, 11) is 1.67. The molecule has 0 saturated heterocycles. The molecule has 13 heteroatoms. The van der Waals surface area contributed by atoms with Gasteiger partial charge < -0.3 is 9.64 Å². The quantitative estimate of drug-likeness (QED) is 0.631. The lowest BCUT2D eigenvalue weighted by Crippen LogP contribution is -2.40. The highest BCUT2D eigenvalue weighted by Crippen LogP contribution is 2.30. The molecule has 0 atom stereocenters. The van der Waals surface area contributed by atoms with Crippen LogP contribution in [-0.2, 0) is 37.7 Å². The van der Waals surface area contributed by atoms with E-state index in [-0.39, 0.29) is 23.9 Å². The molecule has 8 nitrogen and oxygen atoms in total. The number of amides is 1. The van der Waals surface area contributed by atoms with Gasteiger partial charge in [-0.1, -0.05) is 0 Å². The Labute approximate surface area is 181 Å². The fourth-order valence-electron chi connectivity index (χ4n) is 3.44. The maximum absolute atomic E-state index is 13.1. The number of fused-ring (bicyclic) bond motifs is 1. The molecule has 0 unspecified atom stereocenters. The molecule has 2 aromatic heterocycles. The van der Waals surface area contributed by atoms with Gasteiger partial charge in [-0.05, 0) is 20.8 Å². The van der Waals surface area contributed by atoms with Crippen LogP contribution in [0, 0.1) is 0 Å². The van der Waals surface area contributed by atoms with Crippen LogP contribution < -0.4 is 0 Å². The van der Waals surface area contributed by atoms with Crippen LogP contribution in [0.15, 0.2) is 0 Å². The summed E-state index contributed by atoms with van der Waals surface area (Å²) in [4.78, 5) is 18.1. The fourth-order valence-corrected chi connectivity index (χ4v) is 3.44. The van der Waals surface area contributed by atoms with Gasteiger partial charge in [0.15, 0.2) is 11.6 Å². The van der Waals surface area contributed by atoms with Gasteiger partial charge in [0.05, 0.1) is 13.0 Å². The molecular weight excluding hydrogens is 439 g/mol. The number of hydrogen-bond donors (Lipinski definition) is 0. The standard InChI is InChI=1S/C19H25F5N6O2/c1-18(2,3)32-17(31)29-8-6-12-11(9-29)15(27-28(12)4)16-25-14(5-7-19(22,23)24)26-30(16)10-13(20)21/h13H,5-10H2,1-4H3. The van der Waals surface area contributed by atoms with Crippen molar-refractivity contribution in [3.8, 4) is 11.5 Å². The topological polar surface area (TPSA) is 78.1 Å². The number of halogens is 5. The lowest BCUT2D eigenvalue weighted by atomic mass is 10.0. The molecule has 0 aliphatic carbocycles. The molecule has 3 rings (SSSR count). The van der Waals surface area contributed by atoms with Crippen molar-refractivity contribution < 1.29 is 31.5 Å². The molecule has 0 fully saturated rings. The fraction of sp³-hybridized carbons (Fsp3) is 0.684. The van der Waals surface area contributed by atoms with Crippen molar-refractivity contribution in [3.63, 3.8) is 0 Å². The summed E-state index contributed by atoms with van der Waals surface area (Å²) in [5.74, 6) is -0.248. The molecular formula is C19H25F5N6O2. The van der Waals surface area contributed by atoms with E-state index >= 15 is 0 Å². The molecule has 1 aliphatic heterocycles. The third-order valence-corrected chi connectivity index (χ3v) is 4.76. The highest BCUT2D eigenvalue weighted by molar-refractivity contribution is 5.69. The Kier molecular flexibility index (Phi) is 6.47. The Morgan fingerprint density at radius 2 is 1.88 bits per heavy atom. The second-order valence-corrected chi connectivity index (χ2v) is 8.59. The zero-order valence-corrected chi connectivity index (χ0v) is 18.2. The summed E-state index contributed by atoms with van der Waals surface area (Å²) in [6.45, 7) is 4.87. The van der Waals surface area contributed by atoms with E-state index in [1.54, 1.807) is 32.5 Å². The Balaban J connectivity index is 1.95. The van der Waals surface area contributed by atoms with Crippen LogP contribution in [0.3, 0.4) is 0 Å². The van der Waals surface area contributed by atoms with E-state index in [2.05, 4.69) is 15.2 Å². The number of carbonyl (C=O) groups is 1. The summed E-state index contributed by atoms with van der Waals surface area (Å²) < 4.78 is 71.9. The molecule has 3 heterocycles. The average molecular weight is 464 g/mol. The molecule has 2 aromatic rings.